The van der Waals surface area contributed by atoms with Gasteiger partial charge in [0.05, 0.1) is 17.3 Å². The van der Waals surface area contributed by atoms with E-state index in [2.05, 4.69) is 16.9 Å². The van der Waals surface area contributed by atoms with Crippen LogP contribution in [-0.2, 0) is 0 Å². The Morgan fingerprint density at radius 1 is 1.11 bits per heavy atom. The number of rotatable bonds is 3. The van der Waals surface area contributed by atoms with Crippen LogP contribution in [0.25, 0.3) is 16.7 Å². The number of hydrogen-bond acceptors (Lipinski definition) is 3. The normalized spacial score (nSPS) is 12.5. The summed E-state index contributed by atoms with van der Waals surface area (Å²) in [7, 11) is 0. The Labute approximate surface area is 110 Å². The lowest BCUT2D eigenvalue weighted by molar-refractivity contribution is 0.228. The molecule has 0 aliphatic heterocycles. The zero-order chi connectivity index (χ0) is 13.2. The van der Waals surface area contributed by atoms with Crippen molar-refractivity contribution in [2.75, 3.05) is 0 Å². The maximum atomic E-state index is 10.0. The van der Waals surface area contributed by atoms with Crippen LogP contribution in [0.3, 0.4) is 0 Å². The zero-order valence-corrected chi connectivity index (χ0v) is 10.3. The summed E-state index contributed by atoms with van der Waals surface area (Å²) in [5.74, 6) is 0. The van der Waals surface area contributed by atoms with Gasteiger partial charge in [0.25, 0.3) is 0 Å². The molecule has 0 fully saturated rings. The topological polar surface area (TPSA) is 50.9 Å². The van der Waals surface area contributed by atoms with E-state index < -0.39 is 6.10 Å². The molecular weight excluding hydrogens is 238 g/mol. The van der Waals surface area contributed by atoms with Crippen molar-refractivity contribution in [2.24, 2.45) is 0 Å². The first-order valence-corrected chi connectivity index (χ1v) is 6.01. The highest BCUT2D eigenvalue weighted by molar-refractivity contribution is 5.76. The van der Waals surface area contributed by atoms with Crippen LogP contribution in [0.5, 0.6) is 0 Å². The first-order chi connectivity index (χ1) is 9.31. The Balaban J connectivity index is 2.24. The second-order valence-corrected chi connectivity index (χ2v) is 4.23. The van der Waals surface area contributed by atoms with Crippen LogP contribution < -0.4 is 0 Å². The first kappa shape index (κ1) is 11.6. The number of benzene rings is 2. The second kappa shape index (κ2) is 4.66. The molecule has 3 aromatic rings. The van der Waals surface area contributed by atoms with Crippen molar-refractivity contribution in [1.82, 2.24) is 15.0 Å². The number of aliphatic hydroxyl groups excluding tert-OH is 1. The fourth-order valence-corrected chi connectivity index (χ4v) is 2.10. The standard InChI is InChI=1S/C15H13N3O/c1-2-15(19)11-7-3-5-9-13(11)18-14-10-6-4-8-12(14)16-17-18/h2-10,15,19H,1H2. The number of aromatic nitrogens is 3. The molecule has 4 nitrogen and oxygen atoms in total. The molecule has 0 aliphatic rings. The third-order valence-electron chi connectivity index (χ3n) is 3.06. The molecule has 1 atom stereocenters. The highest BCUT2D eigenvalue weighted by Gasteiger charge is 2.13. The molecular formula is C15H13N3O. The molecule has 19 heavy (non-hydrogen) atoms. The van der Waals surface area contributed by atoms with Gasteiger partial charge in [-0.15, -0.1) is 11.7 Å². The van der Waals surface area contributed by atoms with Gasteiger partial charge in [0.1, 0.15) is 5.52 Å². The summed E-state index contributed by atoms with van der Waals surface area (Å²) in [6.45, 7) is 3.63. The van der Waals surface area contributed by atoms with Gasteiger partial charge in [-0.2, -0.15) is 0 Å². The van der Waals surface area contributed by atoms with E-state index in [4.69, 9.17) is 0 Å². The monoisotopic (exact) mass is 251 g/mol. The van der Waals surface area contributed by atoms with Gasteiger partial charge in [0, 0.05) is 5.56 Å². The van der Waals surface area contributed by atoms with Gasteiger partial charge >= 0.3 is 0 Å². The van der Waals surface area contributed by atoms with Crippen LogP contribution in [0.2, 0.25) is 0 Å². The Kier molecular flexibility index (Phi) is 2.85. The Morgan fingerprint density at radius 3 is 2.68 bits per heavy atom. The van der Waals surface area contributed by atoms with Crippen LogP contribution in [0, 0.1) is 0 Å². The third-order valence-corrected chi connectivity index (χ3v) is 3.06. The van der Waals surface area contributed by atoms with Gasteiger partial charge in [0.15, 0.2) is 0 Å². The number of nitrogens with zero attached hydrogens (tertiary/aromatic N) is 3. The third kappa shape index (κ3) is 1.92. The molecule has 0 saturated heterocycles. The second-order valence-electron chi connectivity index (χ2n) is 4.23. The highest BCUT2D eigenvalue weighted by Crippen LogP contribution is 2.24. The predicted octanol–water partition coefficient (Wildman–Crippen LogP) is 2.64. The maximum Gasteiger partial charge on any atom is 0.113 e. The summed E-state index contributed by atoms with van der Waals surface area (Å²) in [6, 6.07) is 15.3. The Morgan fingerprint density at radius 2 is 1.84 bits per heavy atom. The SMILES string of the molecule is C=CC(O)c1ccccc1-n1nnc2ccccc21. The van der Waals surface area contributed by atoms with Crippen molar-refractivity contribution in [3.63, 3.8) is 0 Å². The molecule has 0 aliphatic carbocycles. The van der Waals surface area contributed by atoms with Crippen molar-refractivity contribution in [1.29, 1.82) is 0 Å². The van der Waals surface area contributed by atoms with E-state index >= 15 is 0 Å². The smallest absolute Gasteiger partial charge is 0.113 e. The summed E-state index contributed by atoms with van der Waals surface area (Å²) in [5, 5.41) is 18.3. The van der Waals surface area contributed by atoms with E-state index in [0.29, 0.717) is 0 Å². The molecule has 94 valence electrons. The lowest BCUT2D eigenvalue weighted by atomic mass is 10.1. The molecule has 0 saturated carbocycles. The number of hydrogen-bond donors (Lipinski definition) is 1. The van der Waals surface area contributed by atoms with Gasteiger partial charge < -0.3 is 5.11 Å². The number of fused-ring (bicyclic) bond motifs is 1. The molecule has 1 unspecified atom stereocenters. The first-order valence-electron chi connectivity index (χ1n) is 6.01. The molecule has 1 aromatic heterocycles. The van der Waals surface area contributed by atoms with Crippen molar-refractivity contribution in [2.45, 2.75) is 6.10 Å². The largest absolute Gasteiger partial charge is 0.384 e. The predicted molar refractivity (Wildman–Crippen MR) is 74.0 cm³/mol. The van der Waals surface area contributed by atoms with Crippen molar-refractivity contribution >= 4 is 11.0 Å². The summed E-state index contributed by atoms with van der Waals surface area (Å²) < 4.78 is 1.73. The van der Waals surface area contributed by atoms with Gasteiger partial charge in [-0.05, 0) is 18.2 Å². The average Bonchev–Trinajstić information content (AvgIpc) is 2.90. The molecule has 0 spiro atoms. The maximum absolute atomic E-state index is 10.0. The minimum atomic E-state index is -0.723. The van der Waals surface area contributed by atoms with Crippen molar-refractivity contribution in [3.05, 3.63) is 66.7 Å². The minimum absolute atomic E-state index is 0.723. The van der Waals surface area contributed by atoms with Crippen LogP contribution in [-0.4, -0.2) is 20.1 Å². The Hall–Kier alpha value is -2.46. The van der Waals surface area contributed by atoms with E-state index in [-0.39, 0.29) is 0 Å². The van der Waals surface area contributed by atoms with Crippen LogP contribution >= 0.6 is 0 Å². The highest BCUT2D eigenvalue weighted by atomic mass is 16.3. The number of aliphatic hydroxyl groups is 1. The van der Waals surface area contributed by atoms with E-state index in [0.717, 1.165) is 22.3 Å². The quantitative estimate of drug-likeness (QED) is 0.728. The molecule has 0 radical (unpaired) electrons. The van der Waals surface area contributed by atoms with E-state index in [1.807, 2.05) is 48.5 Å². The molecule has 4 heteroatoms. The van der Waals surface area contributed by atoms with E-state index in [1.54, 1.807) is 4.68 Å². The van der Waals surface area contributed by atoms with E-state index in [1.165, 1.54) is 6.08 Å². The molecule has 2 aromatic carbocycles. The van der Waals surface area contributed by atoms with Crippen LogP contribution in [0.1, 0.15) is 11.7 Å². The van der Waals surface area contributed by atoms with Gasteiger partial charge in [-0.25, -0.2) is 4.68 Å². The fourth-order valence-electron chi connectivity index (χ4n) is 2.10. The molecule has 1 N–H and O–H groups in total. The summed E-state index contributed by atoms with van der Waals surface area (Å²) in [5.41, 5.74) is 3.30. The Bertz CT molecular complexity index is 733. The lowest BCUT2D eigenvalue weighted by Crippen LogP contribution is -2.04. The average molecular weight is 251 g/mol. The summed E-state index contributed by atoms with van der Waals surface area (Å²) in [6.07, 6.45) is 0.775. The van der Waals surface area contributed by atoms with Gasteiger partial charge in [0.2, 0.25) is 0 Å². The zero-order valence-electron chi connectivity index (χ0n) is 10.3. The van der Waals surface area contributed by atoms with Gasteiger partial charge in [-0.1, -0.05) is 41.6 Å². The van der Waals surface area contributed by atoms with E-state index in [9.17, 15) is 5.11 Å². The van der Waals surface area contributed by atoms with Crippen molar-refractivity contribution in [3.8, 4) is 5.69 Å². The van der Waals surface area contributed by atoms with Gasteiger partial charge in [-0.3, -0.25) is 0 Å². The fraction of sp³-hybridized carbons (Fsp3) is 0.0667. The number of para-hydroxylation sites is 2. The minimum Gasteiger partial charge on any atom is -0.384 e. The molecule has 3 rings (SSSR count). The lowest BCUT2D eigenvalue weighted by Gasteiger charge is -2.12. The summed E-state index contributed by atoms with van der Waals surface area (Å²) >= 11 is 0. The molecule has 1 heterocycles. The summed E-state index contributed by atoms with van der Waals surface area (Å²) in [4.78, 5) is 0. The van der Waals surface area contributed by atoms with Crippen molar-refractivity contribution < 1.29 is 5.11 Å². The van der Waals surface area contributed by atoms with Crippen LogP contribution in [0.4, 0.5) is 0 Å². The van der Waals surface area contributed by atoms with Crippen LogP contribution in [0.15, 0.2) is 61.2 Å². The molecule has 0 bridgehead atoms. The molecule has 0 amide bonds.